The Hall–Kier alpha value is -2.44. The first-order valence-electron chi connectivity index (χ1n) is 4.83. The molecule has 0 radical (unpaired) electrons. The Balaban J connectivity index is 2.07. The first-order chi connectivity index (χ1) is 8.16. The number of halogens is 1. The van der Waals surface area contributed by atoms with Crippen LogP contribution < -0.4 is 5.32 Å². The first-order valence-corrected chi connectivity index (χ1v) is 4.83. The van der Waals surface area contributed by atoms with Gasteiger partial charge in [-0.3, -0.25) is 0 Å². The second kappa shape index (κ2) is 4.60. The maximum Gasteiger partial charge on any atom is 0.366 e. The summed E-state index contributed by atoms with van der Waals surface area (Å²) in [6.45, 7) is 0.290. The van der Waals surface area contributed by atoms with E-state index in [4.69, 9.17) is 0 Å². The molecule has 1 aromatic carbocycles. The zero-order chi connectivity index (χ0) is 12.3. The molecule has 1 aromatic heterocycles. The lowest BCUT2D eigenvalue weighted by Gasteiger charge is -2.03. The van der Waals surface area contributed by atoms with E-state index >= 15 is 0 Å². The first kappa shape index (κ1) is 11.1. The molecule has 0 fully saturated rings. The molecule has 0 unspecified atom stereocenters. The van der Waals surface area contributed by atoms with Crippen molar-refractivity contribution >= 4 is 11.5 Å². The highest BCUT2D eigenvalue weighted by Crippen LogP contribution is 2.20. The number of hydrogen-bond acceptors (Lipinski definition) is 4. The molecule has 0 aliphatic rings. The van der Waals surface area contributed by atoms with Crippen LogP contribution in [0.15, 0.2) is 30.5 Å². The summed E-state index contributed by atoms with van der Waals surface area (Å²) in [7, 11) is 0. The van der Waals surface area contributed by atoms with Crippen molar-refractivity contribution < 1.29 is 9.31 Å². The van der Waals surface area contributed by atoms with Gasteiger partial charge < -0.3 is 15.4 Å². The van der Waals surface area contributed by atoms with Crippen molar-refractivity contribution in [3.63, 3.8) is 0 Å². The number of nitro groups is 1. The molecule has 0 aliphatic heterocycles. The van der Waals surface area contributed by atoms with Crippen molar-refractivity contribution in [2.45, 2.75) is 6.54 Å². The number of aromatic amines is 1. The molecule has 1 heterocycles. The molecule has 0 bridgehead atoms. The Bertz CT molecular complexity index is 541. The molecular weight excluding hydrogens is 227 g/mol. The number of aromatic nitrogens is 2. The summed E-state index contributed by atoms with van der Waals surface area (Å²) < 4.78 is 12.9. The third-order valence-electron chi connectivity index (χ3n) is 2.17. The summed E-state index contributed by atoms with van der Waals surface area (Å²) in [6, 6.07) is 6.00. The predicted octanol–water partition coefficient (Wildman–Crippen LogP) is 2.07. The van der Waals surface area contributed by atoms with Crippen molar-refractivity contribution in [1.82, 2.24) is 10.2 Å². The fraction of sp³-hybridized carbons (Fsp3) is 0.100. The van der Waals surface area contributed by atoms with Crippen molar-refractivity contribution in [2.75, 3.05) is 5.32 Å². The van der Waals surface area contributed by atoms with Gasteiger partial charge in [-0.25, -0.2) is 4.39 Å². The van der Waals surface area contributed by atoms with E-state index in [1.165, 1.54) is 18.3 Å². The Labute approximate surface area is 95.6 Å². The zero-order valence-corrected chi connectivity index (χ0v) is 8.68. The number of rotatable bonds is 4. The highest BCUT2D eigenvalue weighted by atomic mass is 19.1. The molecular formula is C10H9FN4O2. The highest BCUT2D eigenvalue weighted by Gasteiger charge is 2.13. The van der Waals surface area contributed by atoms with E-state index in [9.17, 15) is 14.5 Å². The second-order valence-electron chi connectivity index (χ2n) is 3.37. The van der Waals surface area contributed by atoms with E-state index in [1.807, 2.05) is 0 Å². The minimum absolute atomic E-state index is 0.207. The molecule has 0 spiro atoms. The molecule has 0 aliphatic carbocycles. The molecule has 0 saturated carbocycles. The average Bonchev–Trinajstić information content (AvgIpc) is 2.74. The second-order valence-corrected chi connectivity index (χ2v) is 3.37. The lowest BCUT2D eigenvalue weighted by molar-refractivity contribution is -0.388. The molecule has 0 atom stereocenters. The summed E-state index contributed by atoms with van der Waals surface area (Å²) in [5, 5.41) is 19.2. The topological polar surface area (TPSA) is 83.8 Å². The quantitative estimate of drug-likeness (QED) is 0.628. The third-order valence-corrected chi connectivity index (χ3v) is 2.17. The summed E-state index contributed by atoms with van der Waals surface area (Å²) >= 11 is 0. The minimum Gasteiger partial charge on any atom is -0.373 e. The van der Waals surface area contributed by atoms with Gasteiger partial charge >= 0.3 is 5.82 Å². The van der Waals surface area contributed by atoms with Crippen LogP contribution in [0.1, 0.15) is 5.56 Å². The summed E-state index contributed by atoms with van der Waals surface area (Å²) in [6.07, 6.45) is 1.32. The highest BCUT2D eigenvalue weighted by molar-refractivity contribution is 5.55. The number of nitrogens with zero attached hydrogens (tertiary/aromatic N) is 2. The van der Waals surface area contributed by atoms with Gasteiger partial charge in [0.1, 0.15) is 12.0 Å². The molecule has 0 saturated heterocycles. The maximum atomic E-state index is 12.9. The van der Waals surface area contributed by atoms with Gasteiger partial charge in [-0.2, -0.15) is 0 Å². The van der Waals surface area contributed by atoms with Crippen LogP contribution in [0.4, 0.5) is 15.9 Å². The molecule has 17 heavy (non-hydrogen) atoms. The molecule has 7 heteroatoms. The zero-order valence-electron chi connectivity index (χ0n) is 8.68. The smallest absolute Gasteiger partial charge is 0.366 e. The van der Waals surface area contributed by atoms with E-state index in [1.54, 1.807) is 12.1 Å². The number of hydrogen-bond donors (Lipinski definition) is 2. The van der Waals surface area contributed by atoms with Gasteiger partial charge in [0.25, 0.3) is 0 Å². The van der Waals surface area contributed by atoms with Crippen LogP contribution in [0.5, 0.6) is 0 Å². The lowest BCUT2D eigenvalue weighted by atomic mass is 10.2. The van der Waals surface area contributed by atoms with Crippen molar-refractivity contribution in [2.24, 2.45) is 0 Å². The van der Waals surface area contributed by atoms with Gasteiger partial charge in [-0.15, -0.1) is 5.10 Å². The van der Waals surface area contributed by atoms with Crippen molar-refractivity contribution in [3.05, 3.63) is 52.0 Å². The van der Waals surface area contributed by atoms with E-state index in [0.717, 1.165) is 0 Å². The molecule has 2 rings (SSSR count). The van der Waals surface area contributed by atoms with Crippen LogP contribution in [-0.4, -0.2) is 15.1 Å². The van der Waals surface area contributed by atoms with Gasteiger partial charge in [0.15, 0.2) is 5.69 Å². The number of H-pyrrole nitrogens is 1. The fourth-order valence-corrected chi connectivity index (χ4v) is 1.39. The van der Waals surface area contributed by atoms with Gasteiger partial charge in [0, 0.05) is 6.54 Å². The monoisotopic (exact) mass is 236 g/mol. The molecule has 6 nitrogen and oxygen atoms in total. The Morgan fingerprint density at radius 1 is 1.53 bits per heavy atom. The summed E-state index contributed by atoms with van der Waals surface area (Å²) in [5.41, 5.74) is 0.972. The van der Waals surface area contributed by atoms with Crippen molar-refractivity contribution in [1.29, 1.82) is 0 Å². The Morgan fingerprint density at radius 3 is 3.06 bits per heavy atom. The van der Waals surface area contributed by atoms with Gasteiger partial charge in [0.2, 0.25) is 0 Å². The van der Waals surface area contributed by atoms with E-state index in [2.05, 4.69) is 15.5 Å². The van der Waals surface area contributed by atoms with E-state index < -0.39 is 4.92 Å². The van der Waals surface area contributed by atoms with E-state index in [0.29, 0.717) is 5.56 Å². The SMILES string of the molecule is O=[N+]([O-])c1[nH]ncc1NCc1cccc(F)c1. The fourth-order valence-electron chi connectivity index (χ4n) is 1.39. The minimum atomic E-state index is -0.569. The maximum absolute atomic E-state index is 12.9. The Kier molecular flexibility index (Phi) is 2.99. The Morgan fingerprint density at radius 2 is 2.35 bits per heavy atom. The molecule has 0 amide bonds. The summed E-state index contributed by atoms with van der Waals surface area (Å²) in [5.74, 6) is -0.549. The third kappa shape index (κ3) is 2.57. The largest absolute Gasteiger partial charge is 0.373 e. The van der Waals surface area contributed by atoms with Crippen molar-refractivity contribution in [3.8, 4) is 0 Å². The lowest BCUT2D eigenvalue weighted by Crippen LogP contribution is -2.01. The molecule has 2 N–H and O–H groups in total. The van der Waals surface area contributed by atoms with Crippen LogP contribution in [-0.2, 0) is 6.54 Å². The number of nitrogens with one attached hydrogen (secondary N) is 2. The van der Waals surface area contributed by atoms with Crippen LogP contribution in [0.2, 0.25) is 0 Å². The molecule has 2 aromatic rings. The normalized spacial score (nSPS) is 10.2. The number of anilines is 1. The van der Waals surface area contributed by atoms with Crippen LogP contribution in [0, 0.1) is 15.9 Å². The number of benzene rings is 1. The van der Waals surface area contributed by atoms with Gasteiger partial charge in [-0.05, 0) is 22.6 Å². The predicted molar refractivity (Wildman–Crippen MR) is 59.0 cm³/mol. The summed E-state index contributed by atoms with van der Waals surface area (Å²) in [4.78, 5) is 10.0. The van der Waals surface area contributed by atoms with Gasteiger partial charge in [-0.1, -0.05) is 17.2 Å². The molecule has 88 valence electrons. The van der Waals surface area contributed by atoms with E-state index in [-0.39, 0.29) is 23.9 Å². The standard InChI is InChI=1S/C10H9FN4O2/c11-8-3-1-2-7(4-8)5-12-9-6-13-14-10(9)15(16)17/h1-4,6,12H,5H2,(H,13,14). The van der Waals surface area contributed by atoms with Gasteiger partial charge in [0.05, 0.1) is 0 Å². The van der Waals surface area contributed by atoms with Crippen LogP contribution in [0.3, 0.4) is 0 Å². The average molecular weight is 236 g/mol. The van der Waals surface area contributed by atoms with Crippen LogP contribution in [0.25, 0.3) is 0 Å². The van der Waals surface area contributed by atoms with Crippen LogP contribution >= 0.6 is 0 Å².